The van der Waals surface area contributed by atoms with Gasteiger partial charge in [0.1, 0.15) is 0 Å². The maximum atomic E-state index is 12.8. The van der Waals surface area contributed by atoms with Gasteiger partial charge in [-0.05, 0) is 67.1 Å². The molecule has 2 aromatic rings. The summed E-state index contributed by atoms with van der Waals surface area (Å²) in [6, 6.07) is 13.6. The molecule has 0 aromatic heterocycles. The SMILES string of the molecule is CC(C)(C)[S@](=O)c1cccc(Cl)c1-c1ccccc1I. The van der Waals surface area contributed by atoms with Gasteiger partial charge in [-0.2, -0.15) is 0 Å². The number of rotatable bonds is 2. The highest BCUT2D eigenvalue weighted by Gasteiger charge is 2.25. The first-order chi connectivity index (χ1) is 9.32. The molecule has 0 aliphatic carbocycles. The van der Waals surface area contributed by atoms with Gasteiger partial charge in [0.25, 0.3) is 0 Å². The fourth-order valence-corrected chi connectivity index (χ4v) is 4.17. The van der Waals surface area contributed by atoms with E-state index in [1.54, 1.807) is 0 Å². The Balaban J connectivity index is 2.71. The second-order valence-corrected chi connectivity index (χ2v) is 9.25. The van der Waals surface area contributed by atoms with E-state index in [0.717, 1.165) is 19.6 Å². The van der Waals surface area contributed by atoms with Crippen molar-refractivity contribution in [3.05, 3.63) is 51.1 Å². The lowest BCUT2D eigenvalue weighted by molar-refractivity contribution is 0.649. The number of halogens is 2. The van der Waals surface area contributed by atoms with E-state index in [1.807, 2.05) is 63.2 Å². The third-order valence-electron chi connectivity index (χ3n) is 2.87. The van der Waals surface area contributed by atoms with Crippen LogP contribution in [-0.2, 0) is 10.8 Å². The molecule has 1 atom stereocenters. The van der Waals surface area contributed by atoms with Gasteiger partial charge in [-0.1, -0.05) is 35.9 Å². The van der Waals surface area contributed by atoms with Crippen LogP contribution in [0.5, 0.6) is 0 Å². The van der Waals surface area contributed by atoms with Gasteiger partial charge in [0.15, 0.2) is 0 Å². The Morgan fingerprint density at radius 3 is 2.30 bits per heavy atom. The molecule has 1 nitrogen and oxygen atoms in total. The zero-order chi connectivity index (χ0) is 14.9. The average molecular weight is 419 g/mol. The van der Waals surface area contributed by atoms with E-state index in [-0.39, 0.29) is 4.75 Å². The average Bonchev–Trinajstić information content (AvgIpc) is 2.38. The molecule has 0 amide bonds. The van der Waals surface area contributed by atoms with Gasteiger partial charge in [-0.15, -0.1) is 0 Å². The lowest BCUT2D eigenvalue weighted by Crippen LogP contribution is -2.22. The van der Waals surface area contributed by atoms with Crippen molar-refractivity contribution in [1.29, 1.82) is 0 Å². The summed E-state index contributed by atoms with van der Waals surface area (Å²) in [6.45, 7) is 5.93. The van der Waals surface area contributed by atoms with E-state index in [1.165, 1.54) is 0 Å². The normalized spacial score (nSPS) is 13.2. The predicted octanol–water partition coefficient (Wildman–Crippen LogP) is 5.52. The minimum absolute atomic E-state index is 0.320. The molecule has 0 fully saturated rings. The van der Waals surface area contributed by atoms with Crippen molar-refractivity contribution >= 4 is 45.0 Å². The van der Waals surface area contributed by atoms with Crippen LogP contribution < -0.4 is 0 Å². The number of hydrogen-bond donors (Lipinski definition) is 0. The van der Waals surface area contributed by atoms with Crippen LogP contribution >= 0.6 is 34.2 Å². The first-order valence-corrected chi connectivity index (χ1v) is 8.88. The van der Waals surface area contributed by atoms with Crippen molar-refractivity contribution in [1.82, 2.24) is 0 Å². The lowest BCUT2D eigenvalue weighted by Gasteiger charge is -2.21. The molecule has 106 valence electrons. The molecule has 0 aliphatic heterocycles. The van der Waals surface area contributed by atoms with E-state index in [9.17, 15) is 4.21 Å². The molecule has 4 heteroatoms. The van der Waals surface area contributed by atoms with Crippen molar-refractivity contribution in [2.24, 2.45) is 0 Å². The van der Waals surface area contributed by atoms with Gasteiger partial charge in [-0.3, -0.25) is 4.21 Å². The van der Waals surface area contributed by atoms with Gasteiger partial charge in [-0.25, -0.2) is 0 Å². The molecule has 0 N–H and O–H groups in total. The van der Waals surface area contributed by atoms with Gasteiger partial charge in [0.05, 0.1) is 10.8 Å². The quantitative estimate of drug-likeness (QED) is 0.587. The highest BCUT2D eigenvalue weighted by molar-refractivity contribution is 14.1. The van der Waals surface area contributed by atoms with Crippen molar-refractivity contribution < 1.29 is 4.21 Å². The third kappa shape index (κ3) is 3.26. The van der Waals surface area contributed by atoms with Crippen LogP contribution in [0.1, 0.15) is 20.8 Å². The van der Waals surface area contributed by atoms with Crippen LogP contribution in [-0.4, -0.2) is 8.96 Å². The Labute approximate surface area is 141 Å². The van der Waals surface area contributed by atoms with E-state index in [2.05, 4.69) is 22.6 Å². The van der Waals surface area contributed by atoms with E-state index >= 15 is 0 Å². The summed E-state index contributed by atoms with van der Waals surface area (Å²) in [6.07, 6.45) is 0. The van der Waals surface area contributed by atoms with Crippen LogP contribution in [0.2, 0.25) is 5.02 Å². The third-order valence-corrected chi connectivity index (χ3v) is 5.98. The Hall–Kier alpha value is -0.390. The molecule has 2 rings (SSSR count). The largest absolute Gasteiger partial charge is 0.254 e. The maximum absolute atomic E-state index is 12.8. The summed E-state index contributed by atoms with van der Waals surface area (Å²) in [5, 5.41) is 0.643. The molecule has 0 heterocycles. The molecule has 0 unspecified atom stereocenters. The van der Waals surface area contributed by atoms with Crippen LogP contribution in [0.25, 0.3) is 11.1 Å². The summed E-state index contributed by atoms with van der Waals surface area (Å²) in [7, 11) is -1.12. The standard InChI is InChI=1S/C16H16ClIOS/c1-16(2,3)20(19)14-10-6-8-12(17)15(14)11-7-4-5-9-13(11)18/h4-10H,1-3H3/t20-/m1/s1. The maximum Gasteiger partial charge on any atom is 0.0590 e. The van der Waals surface area contributed by atoms with Gasteiger partial charge < -0.3 is 0 Å². The topological polar surface area (TPSA) is 17.1 Å². The summed E-state index contributed by atoms with van der Waals surface area (Å²) in [5.41, 5.74) is 1.92. The van der Waals surface area contributed by atoms with Crippen molar-refractivity contribution in [2.75, 3.05) is 0 Å². The molecule has 0 aliphatic rings. The zero-order valence-electron chi connectivity index (χ0n) is 11.6. The lowest BCUT2D eigenvalue weighted by atomic mass is 10.1. The molecule has 0 bridgehead atoms. The minimum atomic E-state index is -1.12. The Bertz CT molecular complexity index is 662. The van der Waals surface area contributed by atoms with Crippen molar-refractivity contribution in [2.45, 2.75) is 30.4 Å². The first-order valence-electron chi connectivity index (χ1n) is 6.27. The molecule has 0 spiro atoms. The highest BCUT2D eigenvalue weighted by Crippen LogP contribution is 2.38. The smallest absolute Gasteiger partial charge is 0.0590 e. The first kappa shape index (κ1) is 16.0. The monoisotopic (exact) mass is 418 g/mol. The predicted molar refractivity (Wildman–Crippen MR) is 95.8 cm³/mol. The number of hydrogen-bond acceptors (Lipinski definition) is 1. The van der Waals surface area contributed by atoms with Crippen molar-refractivity contribution in [3.8, 4) is 11.1 Å². The van der Waals surface area contributed by atoms with E-state index in [0.29, 0.717) is 5.02 Å². The second kappa shape index (κ2) is 6.16. The molecule has 20 heavy (non-hydrogen) atoms. The Morgan fingerprint density at radius 2 is 1.70 bits per heavy atom. The van der Waals surface area contributed by atoms with Crippen LogP contribution in [0, 0.1) is 3.57 Å². The van der Waals surface area contributed by atoms with Gasteiger partial charge >= 0.3 is 0 Å². The molecular weight excluding hydrogens is 403 g/mol. The Morgan fingerprint density at radius 1 is 1.05 bits per heavy atom. The van der Waals surface area contributed by atoms with Gasteiger partial charge in [0, 0.05) is 23.8 Å². The van der Waals surface area contributed by atoms with Crippen LogP contribution in [0.3, 0.4) is 0 Å². The zero-order valence-corrected chi connectivity index (χ0v) is 15.3. The minimum Gasteiger partial charge on any atom is -0.254 e. The molecule has 2 aromatic carbocycles. The fourth-order valence-electron chi connectivity index (χ4n) is 1.91. The molecule has 0 saturated heterocycles. The summed E-state index contributed by atoms with van der Waals surface area (Å²) < 4.78 is 13.6. The Kier molecular flexibility index (Phi) is 4.92. The highest BCUT2D eigenvalue weighted by atomic mass is 127. The summed E-state index contributed by atoms with van der Waals surface area (Å²) in [4.78, 5) is 0.800. The van der Waals surface area contributed by atoms with E-state index < -0.39 is 10.8 Å². The number of benzene rings is 2. The molecule has 0 saturated carbocycles. The van der Waals surface area contributed by atoms with Crippen LogP contribution in [0.15, 0.2) is 47.4 Å². The molecular formula is C16H16ClIOS. The summed E-state index contributed by atoms with van der Waals surface area (Å²) >= 11 is 8.68. The van der Waals surface area contributed by atoms with Crippen molar-refractivity contribution in [3.63, 3.8) is 0 Å². The fraction of sp³-hybridized carbons (Fsp3) is 0.250. The van der Waals surface area contributed by atoms with Crippen LogP contribution in [0.4, 0.5) is 0 Å². The second-order valence-electron chi connectivity index (χ2n) is 5.47. The summed E-state index contributed by atoms with van der Waals surface area (Å²) in [5.74, 6) is 0. The van der Waals surface area contributed by atoms with Gasteiger partial charge in [0.2, 0.25) is 0 Å². The van der Waals surface area contributed by atoms with E-state index in [4.69, 9.17) is 11.6 Å². The molecule has 0 radical (unpaired) electrons.